The molecule has 100 valence electrons. The molecule has 0 amide bonds. The lowest BCUT2D eigenvalue weighted by Gasteiger charge is -2.10. The second-order valence-electron chi connectivity index (χ2n) is 4.30. The van der Waals surface area contributed by atoms with Gasteiger partial charge in [-0.15, -0.1) is 5.10 Å². The maximum Gasteiger partial charge on any atom is 0.246 e. The quantitative estimate of drug-likeness (QED) is 0.799. The molecule has 0 aliphatic rings. The standard InChI is InChI=1S/C15H12ClN3O/c16-12-6-5-10(8-17)14(7-12)20-15-13-4-2-1-3-11(13)9-18-19-15/h1-7,9H,8,17H2. The van der Waals surface area contributed by atoms with E-state index in [9.17, 15) is 0 Å². The van der Waals surface area contributed by atoms with Crippen molar-refractivity contribution in [3.8, 4) is 11.6 Å². The Balaban J connectivity index is 2.07. The molecule has 2 aromatic carbocycles. The van der Waals surface area contributed by atoms with E-state index in [1.165, 1.54) is 0 Å². The predicted octanol–water partition coefficient (Wildman–Crippen LogP) is 3.53. The van der Waals surface area contributed by atoms with E-state index in [4.69, 9.17) is 22.1 Å². The van der Waals surface area contributed by atoms with Crippen LogP contribution < -0.4 is 10.5 Å². The summed E-state index contributed by atoms with van der Waals surface area (Å²) >= 11 is 6.00. The Labute approximate surface area is 121 Å². The van der Waals surface area contributed by atoms with E-state index in [0.717, 1.165) is 16.3 Å². The van der Waals surface area contributed by atoms with Crippen molar-refractivity contribution >= 4 is 22.4 Å². The first-order valence-electron chi connectivity index (χ1n) is 6.14. The van der Waals surface area contributed by atoms with Gasteiger partial charge in [-0.3, -0.25) is 0 Å². The molecule has 0 aliphatic carbocycles. The first-order valence-corrected chi connectivity index (χ1v) is 6.52. The van der Waals surface area contributed by atoms with Crippen LogP contribution in [-0.4, -0.2) is 10.2 Å². The molecular formula is C15H12ClN3O. The average Bonchev–Trinajstić information content (AvgIpc) is 2.48. The van der Waals surface area contributed by atoms with Crippen LogP contribution in [-0.2, 0) is 6.54 Å². The van der Waals surface area contributed by atoms with E-state index < -0.39 is 0 Å². The van der Waals surface area contributed by atoms with Crippen LogP contribution in [0.5, 0.6) is 11.6 Å². The summed E-state index contributed by atoms with van der Waals surface area (Å²) in [6, 6.07) is 13.1. The van der Waals surface area contributed by atoms with E-state index >= 15 is 0 Å². The van der Waals surface area contributed by atoms with Gasteiger partial charge in [0.2, 0.25) is 5.88 Å². The summed E-state index contributed by atoms with van der Waals surface area (Å²) in [5.41, 5.74) is 6.57. The summed E-state index contributed by atoms with van der Waals surface area (Å²) in [5, 5.41) is 10.4. The van der Waals surface area contributed by atoms with Crippen LogP contribution >= 0.6 is 11.6 Å². The Morgan fingerprint density at radius 3 is 2.85 bits per heavy atom. The topological polar surface area (TPSA) is 61.0 Å². The molecule has 0 unspecified atom stereocenters. The molecule has 1 heterocycles. The van der Waals surface area contributed by atoms with Crippen LogP contribution in [0.25, 0.3) is 10.8 Å². The number of aromatic nitrogens is 2. The van der Waals surface area contributed by atoms with Gasteiger partial charge in [0.1, 0.15) is 5.75 Å². The van der Waals surface area contributed by atoms with E-state index in [1.807, 2.05) is 30.3 Å². The highest BCUT2D eigenvalue weighted by atomic mass is 35.5. The Morgan fingerprint density at radius 1 is 1.15 bits per heavy atom. The van der Waals surface area contributed by atoms with Crippen LogP contribution in [0.4, 0.5) is 0 Å². The Hall–Kier alpha value is -2.17. The number of nitrogens with two attached hydrogens (primary N) is 1. The number of ether oxygens (including phenoxy) is 1. The van der Waals surface area contributed by atoms with Crippen LogP contribution in [0, 0.1) is 0 Å². The van der Waals surface area contributed by atoms with Gasteiger partial charge >= 0.3 is 0 Å². The molecule has 20 heavy (non-hydrogen) atoms. The molecule has 3 rings (SSSR count). The van der Waals surface area contributed by atoms with Gasteiger partial charge in [-0.25, -0.2) is 0 Å². The van der Waals surface area contributed by atoms with Crippen molar-refractivity contribution in [2.24, 2.45) is 5.73 Å². The van der Waals surface area contributed by atoms with Crippen molar-refractivity contribution < 1.29 is 4.74 Å². The molecule has 0 spiro atoms. The lowest BCUT2D eigenvalue weighted by Crippen LogP contribution is -2.00. The molecule has 1 aromatic heterocycles. The summed E-state index contributed by atoms with van der Waals surface area (Å²) in [6.07, 6.45) is 1.70. The van der Waals surface area contributed by atoms with Gasteiger partial charge in [0.25, 0.3) is 0 Å². The Kier molecular flexibility index (Phi) is 3.50. The number of fused-ring (bicyclic) bond motifs is 1. The van der Waals surface area contributed by atoms with Crippen LogP contribution in [0.2, 0.25) is 5.02 Å². The summed E-state index contributed by atoms with van der Waals surface area (Å²) < 4.78 is 5.86. The molecule has 3 aromatic rings. The van der Waals surface area contributed by atoms with E-state index in [-0.39, 0.29) is 0 Å². The van der Waals surface area contributed by atoms with Gasteiger partial charge in [0, 0.05) is 27.9 Å². The van der Waals surface area contributed by atoms with Crippen molar-refractivity contribution in [2.75, 3.05) is 0 Å². The first kappa shape index (κ1) is 12.8. The second-order valence-corrected chi connectivity index (χ2v) is 4.73. The van der Waals surface area contributed by atoms with Gasteiger partial charge in [-0.05, 0) is 18.2 Å². The highest BCUT2D eigenvalue weighted by Crippen LogP contribution is 2.30. The number of rotatable bonds is 3. The summed E-state index contributed by atoms with van der Waals surface area (Å²) in [7, 11) is 0. The second kappa shape index (κ2) is 5.45. The van der Waals surface area contributed by atoms with Gasteiger partial charge in [0.15, 0.2) is 0 Å². The van der Waals surface area contributed by atoms with Crippen LogP contribution in [0.3, 0.4) is 0 Å². The van der Waals surface area contributed by atoms with Crippen LogP contribution in [0.1, 0.15) is 5.56 Å². The van der Waals surface area contributed by atoms with Gasteiger partial charge in [0.05, 0.1) is 6.20 Å². The van der Waals surface area contributed by atoms with Crippen molar-refractivity contribution in [1.82, 2.24) is 10.2 Å². The number of hydrogen-bond acceptors (Lipinski definition) is 4. The maximum atomic E-state index is 6.00. The maximum absolute atomic E-state index is 6.00. The molecule has 0 saturated carbocycles. The zero-order valence-corrected chi connectivity index (χ0v) is 11.3. The zero-order valence-electron chi connectivity index (χ0n) is 10.6. The van der Waals surface area contributed by atoms with Gasteiger partial charge in [-0.1, -0.05) is 35.9 Å². The third-order valence-corrected chi connectivity index (χ3v) is 3.23. The Morgan fingerprint density at radius 2 is 2.00 bits per heavy atom. The minimum absolute atomic E-state index is 0.366. The highest BCUT2D eigenvalue weighted by Gasteiger charge is 2.09. The van der Waals surface area contributed by atoms with Crippen molar-refractivity contribution in [2.45, 2.75) is 6.54 Å². The SMILES string of the molecule is NCc1ccc(Cl)cc1Oc1nncc2ccccc12. The Bertz CT molecular complexity index is 756. The molecule has 0 fully saturated rings. The predicted molar refractivity (Wildman–Crippen MR) is 79.0 cm³/mol. The normalized spacial score (nSPS) is 10.7. The molecule has 0 bridgehead atoms. The van der Waals surface area contributed by atoms with Crippen LogP contribution in [0.15, 0.2) is 48.7 Å². The number of nitrogens with zero attached hydrogens (tertiary/aromatic N) is 2. The fraction of sp³-hybridized carbons (Fsp3) is 0.0667. The summed E-state index contributed by atoms with van der Waals surface area (Å²) in [4.78, 5) is 0. The van der Waals surface area contributed by atoms with Gasteiger partial charge < -0.3 is 10.5 Å². The molecule has 0 atom stereocenters. The molecule has 4 nitrogen and oxygen atoms in total. The average molecular weight is 286 g/mol. The summed E-state index contributed by atoms with van der Waals surface area (Å²) in [5.74, 6) is 1.05. The largest absolute Gasteiger partial charge is 0.437 e. The smallest absolute Gasteiger partial charge is 0.246 e. The minimum atomic E-state index is 0.366. The molecule has 0 saturated heterocycles. The monoisotopic (exact) mass is 285 g/mol. The fourth-order valence-corrected chi connectivity index (χ4v) is 2.14. The lowest BCUT2D eigenvalue weighted by atomic mass is 10.2. The minimum Gasteiger partial charge on any atom is -0.437 e. The first-order chi connectivity index (χ1) is 9.78. The molecule has 5 heteroatoms. The number of halogens is 1. The zero-order chi connectivity index (χ0) is 13.9. The van der Waals surface area contributed by atoms with Crippen molar-refractivity contribution in [1.29, 1.82) is 0 Å². The lowest BCUT2D eigenvalue weighted by molar-refractivity contribution is 0.456. The molecular weight excluding hydrogens is 274 g/mol. The van der Waals surface area contributed by atoms with Crippen molar-refractivity contribution in [3.05, 3.63) is 59.2 Å². The third kappa shape index (κ3) is 2.43. The molecule has 2 N–H and O–H groups in total. The molecule has 0 radical (unpaired) electrons. The van der Waals surface area contributed by atoms with Crippen molar-refractivity contribution in [3.63, 3.8) is 0 Å². The number of hydrogen-bond donors (Lipinski definition) is 1. The number of benzene rings is 2. The fourth-order valence-electron chi connectivity index (χ4n) is 1.97. The molecule has 0 aliphatic heterocycles. The summed E-state index contributed by atoms with van der Waals surface area (Å²) in [6.45, 7) is 0.366. The van der Waals surface area contributed by atoms with Gasteiger partial charge in [-0.2, -0.15) is 5.10 Å². The highest BCUT2D eigenvalue weighted by molar-refractivity contribution is 6.30. The third-order valence-electron chi connectivity index (χ3n) is 2.99. The van der Waals surface area contributed by atoms with E-state index in [0.29, 0.717) is 23.2 Å². The van der Waals surface area contributed by atoms with E-state index in [2.05, 4.69) is 10.2 Å². The van der Waals surface area contributed by atoms with E-state index in [1.54, 1.807) is 18.3 Å².